The summed E-state index contributed by atoms with van der Waals surface area (Å²) in [5.41, 5.74) is 0. The Kier molecular flexibility index (Phi) is 62.0. The van der Waals surface area contributed by atoms with Gasteiger partial charge in [0.2, 0.25) is 5.91 Å². The molecule has 2 atom stereocenters. The highest BCUT2D eigenvalue weighted by atomic mass is 16.5. The van der Waals surface area contributed by atoms with Gasteiger partial charge in [0.25, 0.3) is 0 Å². The topological polar surface area (TPSA) is 95.9 Å². The van der Waals surface area contributed by atoms with Crippen molar-refractivity contribution in [1.82, 2.24) is 5.32 Å². The zero-order chi connectivity index (χ0) is 53.6. The molecule has 6 heteroatoms. The zero-order valence-electron chi connectivity index (χ0n) is 49.8. The summed E-state index contributed by atoms with van der Waals surface area (Å²) >= 11 is 0. The van der Waals surface area contributed by atoms with Crippen molar-refractivity contribution in [1.29, 1.82) is 0 Å². The van der Waals surface area contributed by atoms with E-state index in [1.807, 2.05) is 6.08 Å². The number of unbranched alkanes of at least 4 members (excludes halogenated alkanes) is 47. The van der Waals surface area contributed by atoms with Crippen LogP contribution in [0.3, 0.4) is 0 Å². The predicted octanol–water partition coefficient (Wildman–Crippen LogP) is 21.1. The van der Waals surface area contributed by atoms with Crippen molar-refractivity contribution in [2.45, 2.75) is 373 Å². The number of aliphatic hydroxyl groups is 2. The number of carbonyl (C=O) groups excluding carboxylic acids is 2. The quantitative estimate of drug-likeness (QED) is 0.0320. The molecule has 0 aliphatic rings. The highest BCUT2D eigenvalue weighted by Gasteiger charge is 2.18. The van der Waals surface area contributed by atoms with Crippen molar-refractivity contribution in [3.05, 3.63) is 36.5 Å². The molecule has 0 aliphatic heterocycles. The molecule has 6 nitrogen and oxygen atoms in total. The van der Waals surface area contributed by atoms with E-state index >= 15 is 0 Å². The summed E-state index contributed by atoms with van der Waals surface area (Å²) < 4.78 is 5.50. The normalized spacial score (nSPS) is 12.8. The zero-order valence-corrected chi connectivity index (χ0v) is 49.8. The summed E-state index contributed by atoms with van der Waals surface area (Å²) in [6.45, 7) is 4.90. The molecule has 436 valence electrons. The summed E-state index contributed by atoms with van der Waals surface area (Å²) in [6.07, 6.45) is 80.6. The Morgan fingerprint density at radius 2 is 0.676 bits per heavy atom. The lowest BCUT2D eigenvalue weighted by Crippen LogP contribution is -2.45. The number of nitrogens with one attached hydrogen (secondary N) is 1. The van der Waals surface area contributed by atoms with E-state index in [-0.39, 0.29) is 18.5 Å². The first-order valence-electron chi connectivity index (χ1n) is 33.3. The molecule has 0 fully saturated rings. The van der Waals surface area contributed by atoms with Crippen LogP contribution in [0.4, 0.5) is 0 Å². The molecule has 2 unspecified atom stereocenters. The smallest absolute Gasteiger partial charge is 0.305 e. The maximum atomic E-state index is 12.5. The van der Waals surface area contributed by atoms with Crippen molar-refractivity contribution in [3.8, 4) is 0 Å². The summed E-state index contributed by atoms with van der Waals surface area (Å²) in [6, 6.07) is -0.627. The number of esters is 1. The lowest BCUT2D eigenvalue weighted by atomic mass is 10.0. The van der Waals surface area contributed by atoms with Crippen LogP contribution in [0, 0.1) is 0 Å². The minimum Gasteiger partial charge on any atom is -0.466 e. The van der Waals surface area contributed by atoms with Gasteiger partial charge in [-0.1, -0.05) is 320 Å². The number of hydrogen-bond donors (Lipinski definition) is 3. The van der Waals surface area contributed by atoms with Crippen LogP contribution >= 0.6 is 0 Å². The Morgan fingerprint density at radius 1 is 0.378 bits per heavy atom. The minimum absolute atomic E-state index is 0.0114. The number of hydrogen-bond acceptors (Lipinski definition) is 5. The fourth-order valence-corrected chi connectivity index (χ4v) is 10.3. The van der Waals surface area contributed by atoms with Gasteiger partial charge in [-0.15, -0.1) is 0 Å². The van der Waals surface area contributed by atoms with Gasteiger partial charge in [-0.2, -0.15) is 0 Å². The largest absolute Gasteiger partial charge is 0.466 e. The average molecular weight is 1040 g/mol. The Morgan fingerprint density at radius 3 is 1.05 bits per heavy atom. The van der Waals surface area contributed by atoms with Crippen LogP contribution in [0.15, 0.2) is 36.5 Å². The van der Waals surface area contributed by atoms with Gasteiger partial charge in [0.1, 0.15) is 0 Å². The average Bonchev–Trinajstić information content (AvgIpc) is 3.40. The van der Waals surface area contributed by atoms with E-state index in [1.165, 1.54) is 283 Å². The van der Waals surface area contributed by atoms with E-state index in [2.05, 4.69) is 43.5 Å². The molecule has 0 spiro atoms. The molecule has 0 heterocycles. The third kappa shape index (κ3) is 59.3. The van der Waals surface area contributed by atoms with Crippen LogP contribution in [0.1, 0.15) is 361 Å². The van der Waals surface area contributed by atoms with Crippen molar-refractivity contribution in [3.63, 3.8) is 0 Å². The number of amides is 1. The second-order valence-electron chi connectivity index (χ2n) is 22.8. The van der Waals surface area contributed by atoms with Crippen LogP contribution in [0.5, 0.6) is 0 Å². The molecule has 0 saturated heterocycles. The molecule has 0 aliphatic carbocycles. The highest BCUT2D eigenvalue weighted by Crippen LogP contribution is 2.18. The first kappa shape index (κ1) is 72.1. The van der Waals surface area contributed by atoms with Gasteiger partial charge in [0.05, 0.1) is 25.4 Å². The first-order valence-corrected chi connectivity index (χ1v) is 33.3. The van der Waals surface area contributed by atoms with Crippen LogP contribution in [0.2, 0.25) is 0 Å². The fourth-order valence-electron chi connectivity index (χ4n) is 10.3. The van der Waals surface area contributed by atoms with Crippen LogP contribution < -0.4 is 5.32 Å². The molecule has 0 aromatic carbocycles. The second-order valence-corrected chi connectivity index (χ2v) is 22.8. The molecule has 0 saturated carbocycles. The molecule has 3 N–H and O–H groups in total. The van der Waals surface area contributed by atoms with Crippen LogP contribution in [0.25, 0.3) is 0 Å². The molecule has 0 aromatic heterocycles. The van der Waals surface area contributed by atoms with E-state index in [4.69, 9.17) is 4.74 Å². The molecular formula is C68H129NO5. The fraction of sp³-hybridized carbons (Fsp3) is 0.882. The molecular weight excluding hydrogens is 911 g/mol. The summed E-state index contributed by atoms with van der Waals surface area (Å²) in [5.74, 6) is -0.0541. The monoisotopic (exact) mass is 1040 g/mol. The van der Waals surface area contributed by atoms with Gasteiger partial charge in [-0.05, 0) is 64.2 Å². The summed E-state index contributed by atoms with van der Waals surface area (Å²) in [4.78, 5) is 24.6. The second kappa shape index (κ2) is 63.6. The lowest BCUT2D eigenvalue weighted by molar-refractivity contribution is -0.143. The number of aliphatic hydroxyl groups excluding tert-OH is 2. The van der Waals surface area contributed by atoms with E-state index in [1.54, 1.807) is 6.08 Å². The molecule has 74 heavy (non-hydrogen) atoms. The Labute approximate surface area is 462 Å². The third-order valence-corrected chi connectivity index (χ3v) is 15.4. The minimum atomic E-state index is -0.843. The highest BCUT2D eigenvalue weighted by molar-refractivity contribution is 5.76. The Bertz CT molecular complexity index is 1200. The Balaban J connectivity index is 3.37. The maximum Gasteiger partial charge on any atom is 0.305 e. The lowest BCUT2D eigenvalue weighted by Gasteiger charge is -2.20. The number of rotatable bonds is 62. The molecule has 0 bridgehead atoms. The summed E-state index contributed by atoms with van der Waals surface area (Å²) in [5, 5.41) is 23.1. The first-order chi connectivity index (χ1) is 36.5. The third-order valence-electron chi connectivity index (χ3n) is 15.4. The van der Waals surface area contributed by atoms with Crippen molar-refractivity contribution >= 4 is 11.9 Å². The van der Waals surface area contributed by atoms with Crippen molar-refractivity contribution in [2.24, 2.45) is 0 Å². The van der Waals surface area contributed by atoms with Gasteiger partial charge in [-0.3, -0.25) is 9.59 Å². The van der Waals surface area contributed by atoms with E-state index in [0.717, 1.165) is 51.4 Å². The molecule has 0 aromatic rings. The number of allylic oxidation sites excluding steroid dienone is 5. The van der Waals surface area contributed by atoms with Gasteiger partial charge in [-0.25, -0.2) is 0 Å². The van der Waals surface area contributed by atoms with E-state index in [0.29, 0.717) is 19.4 Å². The van der Waals surface area contributed by atoms with Gasteiger partial charge < -0.3 is 20.3 Å². The standard InChI is InChI=1S/C68H129NO5/c1-3-5-7-9-11-13-15-17-19-20-27-31-34-38-42-46-50-54-58-62-68(73)74-63-59-55-51-47-43-39-35-32-29-26-24-22-21-23-25-28-30-33-37-41-45-49-53-57-61-67(72)69-65(64-70)66(71)60-56-52-48-44-40-36-18-16-14-12-10-8-6-4-2/h11,13,17,19,56,60,65-66,70-71H,3-10,12,14-16,18,20-55,57-59,61-64H2,1-2H3,(H,69,72)/b13-11-,19-17-,60-56+. The maximum absolute atomic E-state index is 12.5. The van der Waals surface area contributed by atoms with Gasteiger partial charge in [0.15, 0.2) is 0 Å². The molecule has 0 radical (unpaired) electrons. The Hall–Kier alpha value is -1.92. The summed E-state index contributed by atoms with van der Waals surface area (Å²) in [7, 11) is 0. The van der Waals surface area contributed by atoms with Crippen LogP contribution in [-0.4, -0.2) is 47.4 Å². The van der Waals surface area contributed by atoms with Crippen molar-refractivity contribution < 1.29 is 24.5 Å². The van der Waals surface area contributed by atoms with E-state index in [9.17, 15) is 19.8 Å². The van der Waals surface area contributed by atoms with Gasteiger partial charge >= 0.3 is 5.97 Å². The number of ether oxygens (including phenoxy) is 1. The molecule has 0 rings (SSSR count). The predicted molar refractivity (Wildman–Crippen MR) is 324 cm³/mol. The van der Waals surface area contributed by atoms with Gasteiger partial charge in [0, 0.05) is 12.8 Å². The van der Waals surface area contributed by atoms with Crippen molar-refractivity contribution in [2.75, 3.05) is 13.2 Å². The SMILES string of the molecule is CCCCC/C=C\C/C=C\CCCCCCCCCCCC(=O)OCCCCCCCCCCCCCCCCCCCCCCCCCCC(=O)NC(CO)C(O)/C=C/CCCCCCCCCCCCCC. The van der Waals surface area contributed by atoms with E-state index < -0.39 is 12.1 Å². The molecule has 1 amide bonds. The number of carbonyl (C=O) groups is 2. The van der Waals surface area contributed by atoms with Crippen LogP contribution in [-0.2, 0) is 14.3 Å².